The molecule has 0 aromatic heterocycles. The molecule has 0 bridgehead atoms. The lowest BCUT2D eigenvalue weighted by Crippen LogP contribution is -2.56. The smallest absolute Gasteiger partial charge is 0.226 e. The number of carbonyl (C=O) groups is 1. The first-order valence-corrected chi connectivity index (χ1v) is 8.72. The van der Waals surface area contributed by atoms with Crippen LogP contribution < -0.4 is 0 Å². The molecular weight excluding hydrogens is 290 g/mol. The lowest BCUT2D eigenvalue weighted by molar-refractivity contribution is -0.147. The molecule has 4 nitrogen and oxygen atoms in total. The van der Waals surface area contributed by atoms with Gasteiger partial charge in [0.15, 0.2) is 0 Å². The molecule has 3 aliphatic rings. The number of nitrogens with zero attached hydrogens (tertiary/aromatic N) is 1. The van der Waals surface area contributed by atoms with E-state index in [0.29, 0.717) is 19.1 Å². The molecule has 1 aliphatic heterocycles. The van der Waals surface area contributed by atoms with Crippen LogP contribution in [0.5, 0.6) is 0 Å². The Kier molecular flexibility index (Phi) is 3.90. The van der Waals surface area contributed by atoms with Crippen molar-refractivity contribution >= 4 is 5.91 Å². The van der Waals surface area contributed by atoms with Gasteiger partial charge in [0.25, 0.3) is 0 Å². The number of fused-ring (bicyclic) bond motifs is 2. The lowest BCUT2D eigenvalue weighted by atomic mass is 9.78. The van der Waals surface area contributed by atoms with E-state index in [1.54, 1.807) is 7.11 Å². The molecule has 0 radical (unpaired) electrons. The third kappa shape index (κ3) is 2.58. The van der Waals surface area contributed by atoms with Crippen molar-refractivity contribution in [2.24, 2.45) is 5.92 Å². The first-order valence-electron chi connectivity index (χ1n) is 8.72. The quantitative estimate of drug-likeness (QED) is 0.782. The summed E-state index contributed by atoms with van der Waals surface area (Å²) in [6, 6.07) is 8.72. The topological polar surface area (TPSA) is 38.8 Å². The van der Waals surface area contributed by atoms with Gasteiger partial charge in [-0.3, -0.25) is 4.79 Å². The zero-order chi connectivity index (χ0) is 15.9. The van der Waals surface area contributed by atoms with E-state index in [0.717, 1.165) is 25.9 Å². The van der Waals surface area contributed by atoms with Gasteiger partial charge in [-0.05, 0) is 36.8 Å². The Morgan fingerprint density at radius 2 is 2.13 bits per heavy atom. The Balaban J connectivity index is 1.36. The highest BCUT2D eigenvalue weighted by atomic mass is 16.5. The number of amides is 1. The molecule has 1 spiro atoms. The molecule has 1 saturated carbocycles. The maximum Gasteiger partial charge on any atom is 0.226 e. The molecule has 1 amide bonds. The van der Waals surface area contributed by atoms with Crippen LogP contribution in [0.25, 0.3) is 0 Å². The minimum absolute atomic E-state index is 0.147. The zero-order valence-electron chi connectivity index (χ0n) is 13.8. The van der Waals surface area contributed by atoms with E-state index in [9.17, 15) is 4.79 Å². The monoisotopic (exact) mass is 315 g/mol. The average molecular weight is 315 g/mol. The molecule has 4 heteroatoms. The fraction of sp³-hybridized carbons (Fsp3) is 0.632. The van der Waals surface area contributed by atoms with Crippen LogP contribution >= 0.6 is 0 Å². The third-order valence-electron chi connectivity index (χ3n) is 5.80. The fourth-order valence-corrected chi connectivity index (χ4v) is 4.40. The number of carbonyl (C=O) groups excluding carboxylic acids is 1. The summed E-state index contributed by atoms with van der Waals surface area (Å²) in [4.78, 5) is 14.8. The van der Waals surface area contributed by atoms with Crippen molar-refractivity contribution in [3.8, 4) is 0 Å². The van der Waals surface area contributed by atoms with Gasteiger partial charge < -0.3 is 14.4 Å². The van der Waals surface area contributed by atoms with Crippen LogP contribution in [-0.2, 0) is 26.1 Å². The van der Waals surface area contributed by atoms with Crippen LogP contribution in [0.3, 0.4) is 0 Å². The number of ether oxygens (including phenoxy) is 2. The standard InChI is InChI=1S/C19H25NO3/c1-22-9-10-23-15-12-20(13-15)18(21)17-11-19(17)8-4-6-14-5-2-3-7-16(14)19/h2-3,5,7,15,17H,4,6,8-13H2,1H3/t17-,19+/m1/s1. The summed E-state index contributed by atoms with van der Waals surface area (Å²) in [6.45, 7) is 2.73. The van der Waals surface area contributed by atoms with E-state index in [-0.39, 0.29) is 17.4 Å². The molecule has 2 aliphatic carbocycles. The Morgan fingerprint density at radius 1 is 1.30 bits per heavy atom. The second kappa shape index (κ2) is 5.91. The van der Waals surface area contributed by atoms with Gasteiger partial charge in [-0.2, -0.15) is 0 Å². The van der Waals surface area contributed by atoms with Crippen molar-refractivity contribution in [1.29, 1.82) is 0 Å². The summed E-state index contributed by atoms with van der Waals surface area (Å²) in [5.74, 6) is 0.539. The largest absolute Gasteiger partial charge is 0.382 e. The molecule has 0 N–H and O–H groups in total. The number of rotatable bonds is 5. The Hall–Kier alpha value is -1.39. The Morgan fingerprint density at radius 3 is 2.96 bits per heavy atom. The van der Waals surface area contributed by atoms with Crippen LogP contribution in [0.4, 0.5) is 0 Å². The first-order chi connectivity index (χ1) is 11.2. The van der Waals surface area contributed by atoms with Crippen molar-refractivity contribution < 1.29 is 14.3 Å². The molecule has 1 aromatic carbocycles. The summed E-state index contributed by atoms with van der Waals surface area (Å²) < 4.78 is 10.7. The average Bonchev–Trinajstić information content (AvgIpc) is 3.24. The van der Waals surface area contributed by atoms with Crippen molar-refractivity contribution in [2.45, 2.75) is 37.2 Å². The van der Waals surface area contributed by atoms with Gasteiger partial charge in [-0.25, -0.2) is 0 Å². The van der Waals surface area contributed by atoms with Crippen LogP contribution in [0.15, 0.2) is 24.3 Å². The maximum atomic E-state index is 12.8. The third-order valence-corrected chi connectivity index (χ3v) is 5.80. The molecule has 4 rings (SSSR count). The van der Waals surface area contributed by atoms with Crippen molar-refractivity contribution in [3.05, 3.63) is 35.4 Å². The molecule has 2 atom stereocenters. The number of hydrogen-bond acceptors (Lipinski definition) is 3. The zero-order valence-corrected chi connectivity index (χ0v) is 13.8. The Bertz CT molecular complexity index is 596. The molecule has 1 saturated heterocycles. The van der Waals surface area contributed by atoms with E-state index >= 15 is 0 Å². The second-order valence-electron chi connectivity index (χ2n) is 7.15. The molecular formula is C19H25NO3. The number of benzene rings is 1. The van der Waals surface area contributed by atoms with Gasteiger partial charge in [-0.1, -0.05) is 24.3 Å². The number of aryl methyl sites for hydroxylation is 1. The van der Waals surface area contributed by atoms with Gasteiger partial charge in [0.2, 0.25) is 5.91 Å². The van der Waals surface area contributed by atoms with E-state index in [4.69, 9.17) is 9.47 Å². The van der Waals surface area contributed by atoms with Gasteiger partial charge in [0.1, 0.15) is 0 Å². The van der Waals surface area contributed by atoms with Gasteiger partial charge in [0, 0.05) is 31.5 Å². The van der Waals surface area contributed by atoms with Crippen LogP contribution in [-0.4, -0.2) is 50.3 Å². The van der Waals surface area contributed by atoms with E-state index < -0.39 is 0 Å². The summed E-state index contributed by atoms with van der Waals surface area (Å²) in [7, 11) is 1.68. The SMILES string of the molecule is COCCOC1CN(C(=O)[C@H]2C[C@]23CCCc2ccccc23)C1. The maximum absolute atomic E-state index is 12.8. The van der Waals surface area contributed by atoms with E-state index in [2.05, 4.69) is 24.3 Å². The van der Waals surface area contributed by atoms with Crippen molar-refractivity contribution in [3.63, 3.8) is 0 Å². The first kappa shape index (κ1) is 15.2. The predicted molar refractivity (Wildman–Crippen MR) is 87.4 cm³/mol. The number of hydrogen-bond donors (Lipinski definition) is 0. The normalized spacial score (nSPS) is 29.3. The summed E-state index contributed by atoms with van der Waals surface area (Å²) in [5.41, 5.74) is 3.05. The van der Waals surface area contributed by atoms with Gasteiger partial charge in [-0.15, -0.1) is 0 Å². The van der Waals surface area contributed by atoms with Gasteiger partial charge >= 0.3 is 0 Å². The Labute approximate surface area is 137 Å². The number of methoxy groups -OCH3 is 1. The van der Waals surface area contributed by atoms with Crippen molar-refractivity contribution in [2.75, 3.05) is 33.4 Å². The van der Waals surface area contributed by atoms with Crippen LogP contribution in [0.2, 0.25) is 0 Å². The van der Waals surface area contributed by atoms with Gasteiger partial charge in [0.05, 0.1) is 19.3 Å². The van der Waals surface area contributed by atoms with E-state index in [1.165, 1.54) is 24.0 Å². The number of likely N-dealkylation sites (tertiary alicyclic amines) is 1. The predicted octanol–water partition coefficient (Wildman–Crippen LogP) is 2.15. The van der Waals surface area contributed by atoms with Crippen LogP contribution in [0, 0.1) is 5.92 Å². The summed E-state index contributed by atoms with van der Waals surface area (Å²) in [5, 5.41) is 0. The minimum Gasteiger partial charge on any atom is -0.382 e. The fourth-order valence-electron chi connectivity index (χ4n) is 4.40. The lowest BCUT2D eigenvalue weighted by Gasteiger charge is -2.39. The highest BCUT2D eigenvalue weighted by Gasteiger charge is 2.61. The highest BCUT2D eigenvalue weighted by Crippen LogP contribution is 2.61. The molecule has 1 heterocycles. The van der Waals surface area contributed by atoms with Crippen LogP contribution in [0.1, 0.15) is 30.4 Å². The summed E-state index contributed by atoms with van der Waals surface area (Å²) >= 11 is 0. The van der Waals surface area contributed by atoms with E-state index in [1.807, 2.05) is 4.90 Å². The van der Waals surface area contributed by atoms with Crippen molar-refractivity contribution in [1.82, 2.24) is 4.90 Å². The molecule has 0 unspecified atom stereocenters. The molecule has 23 heavy (non-hydrogen) atoms. The molecule has 124 valence electrons. The molecule has 2 fully saturated rings. The molecule has 1 aromatic rings. The highest BCUT2D eigenvalue weighted by molar-refractivity contribution is 5.85. The second-order valence-corrected chi connectivity index (χ2v) is 7.15. The summed E-state index contributed by atoms with van der Waals surface area (Å²) in [6.07, 6.45) is 4.78. The minimum atomic E-state index is 0.147.